The van der Waals surface area contributed by atoms with E-state index in [9.17, 15) is 5.11 Å². The Labute approximate surface area is 107 Å². The molecule has 0 saturated carbocycles. The van der Waals surface area contributed by atoms with Crippen molar-refractivity contribution in [2.24, 2.45) is 0 Å². The van der Waals surface area contributed by atoms with Crippen LogP contribution in [0, 0.1) is 6.92 Å². The molecule has 0 radical (unpaired) electrons. The van der Waals surface area contributed by atoms with Gasteiger partial charge in [0.2, 0.25) is 0 Å². The van der Waals surface area contributed by atoms with Crippen LogP contribution >= 0.6 is 11.6 Å². The van der Waals surface area contributed by atoms with Gasteiger partial charge in [-0.15, -0.1) is 0 Å². The number of halogens is 1. The van der Waals surface area contributed by atoms with Gasteiger partial charge in [-0.3, -0.25) is 0 Å². The van der Waals surface area contributed by atoms with Gasteiger partial charge >= 0.3 is 0 Å². The van der Waals surface area contributed by atoms with Crippen molar-refractivity contribution >= 4 is 11.6 Å². The molecule has 1 aliphatic heterocycles. The molecule has 1 fully saturated rings. The number of aryl methyl sites for hydroxylation is 1. The van der Waals surface area contributed by atoms with Crippen molar-refractivity contribution in [2.45, 2.75) is 31.9 Å². The summed E-state index contributed by atoms with van der Waals surface area (Å²) in [4.78, 5) is 0. The summed E-state index contributed by atoms with van der Waals surface area (Å²) in [5.74, 6) is 0.732. The number of aliphatic hydroxyl groups is 1. The average Bonchev–Trinajstić information content (AvgIpc) is 2.80. The van der Waals surface area contributed by atoms with Gasteiger partial charge in [-0.25, -0.2) is 0 Å². The van der Waals surface area contributed by atoms with Gasteiger partial charge in [0.15, 0.2) is 0 Å². The second-order valence-electron chi connectivity index (χ2n) is 4.49. The van der Waals surface area contributed by atoms with E-state index in [0.29, 0.717) is 5.02 Å². The minimum Gasteiger partial charge on any atom is -0.496 e. The summed E-state index contributed by atoms with van der Waals surface area (Å²) >= 11 is 6.04. The Morgan fingerprint density at radius 2 is 2.29 bits per heavy atom. The van der Waals surface area contributed by atoms with Crippen LogP contribution in [0.1, 0.15) is 30.1 Å². The van der Waals surface area contributed by atoms with Crippen molar-refractivity contribution in [3.05, 3.63) is 28.3 Å². The molecule has 17 heavy (non-hydrogen) atoms. The van der Waals surface area contributed by atoms with Gasteiger partial charge in [0.1, 0.15) is 5.75 Å². The molecule has 2 rings (SSSR count). The van der Waals surface area contributed by atoms with E-state index in [1.807, 2.05) is 13.0 Å². The summed E-state index contributed by atoms with van der Waals surface area (Å²) in [7, 11) is 1.62. The van der Waals surface area contributed by atoms with Crippen LogP contribution in [0.2, 0.25) is 5.02 Å². The summed E-state index contributed by atoms with van der Waals surface area (Å²) in [6.45, 7) is 2.90. The highest BCUT2D eigenvalue weighted by atomic mass is 35.5. The fraction of sp³-hybridized carbons (Fsp3) is 0.538. The fourth-order valence-corrected chi connectivity index (χ4v) is 2.73. The number of aliphatic hydroxyl groups excluding tert-OH is 1. The lowest BCUT2D eigenvalue weighted by molar-refractivity contribution is 0.134. The highest BCUT2D eigenvalue weighted by molar-refractivity contribution is 6.30. The number of rotatable bonds is 3. The van der Waals surface area contributed by atoms with Crippen LogP contribution in [-0.2, 0) is 0 Å². The van der Waals surface area contributed by atoms with E-state index in [4.69, 9.17) is 16.3 Å². The minimum atomic E-state index is -0.565. The average molecular weight is 256 g/mol. The Morgan fingerprint density at radius 1 is 1.53 bits per heavy atom. The second-order valence-corrected chi connectivity index (χ2v) is 4.93. The molecule has 1 aromatic carbocycles. The lowest BCUT2D eigenvalue weighted by Gasteiger charge is -2.22. The first-order chi connectivity index (χ1) is 8.13. The zero-order chi connectivity index (χ0) is 12.4. The van der Waals surface area contributed by atoms with Crippen molar-refractivity contribution in [2.75, 3.05) is 13.7 Å². The molecule has 0 amide bonds. The first-order valence-corrected chi connectivity index (χ1v) is 6.26. The maximum absolute atomic E-state index is 10.4. The van der Waals surface area contributed by atoms with E-state index < -0.39 is 6.10 Å². The SMILES string of the molecule is COc1c(C)cc(Cl)cc1C(O)C1CCCN1. The van der Waals surface area contributed by atoms with Gasteiger partial charge in [0.25, 0.3) is 0 Å². The third kappa shape index (κ3) is 2.57. The lowest BCUT2D eigenvalue weighted by atomic mass is 9.98. The summed E-state index contributed by atoms with van der Waals surface area (Å²) in [6.07, 6.45) is 1.52. The van der Waals surface area contributed by atoms with E-state index in [-0.39, 0.29) is 6.04 Å². The van der Waals surface area contributed by atoms with Crippen molar-refractivity contribution in [3.63, 3.8) is 0 Å². The van der Waals surface area contributed by atoms with Crippen LogP contribution in [0.4, 0.5) is 0 Å². The monoisotopic (exact) mass is 255 g/mol. The molecule has 1 aliphatic rings. The van der Waals surface area contributed by atoms with Gasteiger partial charge in [-0.05, 0) is 44.0 Å². The summed E-state index contributed by atoms with van der Waals surface area (Å²) < 4.78 is 5.37. The molecule has 1 saturated heterocycles. The molecule has 2 unspecified atom stereocenters. The molecule has 1 heterocycles. The topological polar surface area (TPSA) is 41.5 Å². The largest absolute Gasteiger partial charge is 0.496 e. The van der Waals surface area contributed by atoms with Crippen LogP contribution < -0.4 is 10.1 Å². The molecule has 0 spiro atoms. The Bertz CT molecular complexity index is 403. The quantitative estimate of drug-likeness (QED) is 0.872. The molecular formula is C13H18ClNO2. The van der Waals surface area contributed by atoms with Gasteiger partial charge in [0.05, 0.1) is 13.2 Å². The van der Waals surface area contributed by atoms with E-state index in [2.05, 4.69) is 5.32 Å². The molecule has 0 aromatic heterocycles. The van der Waals surface area contributed by atoms with Crippen LogP contribution in [0.3, 0.4) is 0 Å². The maximum atomic E-state index is 10.4. The molecule has 3 nitrogen and oxygen atoms in total. The standard InChI is InChI=1S/C13H18ClNO2/c1-8-6-9(14)7-10(13(8)17-2)12(16)11-4-3-5-15-11/h6-7,11-12,15-16H,3-5H2,1-2H3. The molecule has 0 bridgehead atoms. The second kappa shape index (κ2) is 5.25. The predicted molar refractivity (Wildman–Crippen MR) is 68.7 cm³/mol. The smallest absolute Gasteiger partial charge is 0.127 e. The molecule has 4 heteroatoms. The molecular weight excluding hydrogens is 238 g/mol. The third-order valence-electron chi connectivity index (χ3n) is 3.27. The molecule has 94 valence electrons. The minimum absolute atomic E-state index is 0.0989. The van der Waals surface area contributed by atoms with Gasteiger partial charge in [0, 0.05) is 16.6 Å². The van der Waals surface area contributed by atoms with Crippen molar-refractivity contribution < 1.29 is 9.84 Å². The summed E-state index contributed by atoms with van der Waals surface area (Å²) in [6, 6.07) is 3.73. The number of ether oxygens (including phenoxy) is 1. The van der Waals surface area contributed by atoms with Gasteiger partial charge in [-0.2, -0.15) is 0 Å². The maximum Gasteiger partial charge on any atom is 0.127 e. The molecule has 2 atom stereocenters. The fourth-order valence-electron chi connectivity index (χ4n) is 2.45. The predicted octanol–water partition coefficient (Wildman–Crippen LogP) is 2.44. The molecule has 1 aromatic rings. The highest BCUT2D eigenvalue weighted by Crippen LogP contribution is 2.35. The van der Waals surface area contributed by atoms with Crippen molar-refractivity contribution in [3.8, 4) is 5.75 Å². The van der Waals surface area contributed by atoms with Crippen LogP contribution in [0.25, 0.3) is 0 Å². The first-order valence-electron chi connectivity index (χ1n) is 5.89. The van der Waals surface area contributed by atoms with Crippen molar-refractivity contribution in [1.29, 1.82) is 0 Å². The number of nitrogens with one attached hydrogen (secondary N) is 1. The summed E-state index contributed by atoms with van der Waals surface area (Å²) in [5, 5.41) is 14.3. The number of benzene rings is 1. The molecule has 2 N–H and O–H groups in total. The van der Waals surface area contributed by atoms with E-state index in [1.165, 1.54) is 0 Å². The number of hydrogen-bond acceptors (Lipinski definition) is 3. The number of hydrogen-bond donors (Lipinski definition) is 2. The van der Waals surface area contributed by atoms with Crippen LogP contribution in [-0.4, -0.2) is 24.8 Å². The van der Waals surface area contributed by atoms with Crippen LogP contribution in [0.5, 0.6) is 5.75 Å². The van der Waals surface area contributed by atoms with E-state index in [1.54, 1.807) is 13.2 Å². The zero-order valence-corrected chi connectivity index (χ0v) is 10.9. The zero-order valence-electron chi connectivity index (χ0n) is 10.2. The summed E-state index contributed by atoms with van der Waals surface area (Å²) in [5.41, 5.74) is 1.73. The Morgan fingerprint density at radius 3 is 2.88 bits per heavy atom. The Balaban J connectivity index is 2.35. The van der Waals surface area contributed by atoms with E-state index >= 15 is 0 Å². The Hall–Kier alpha value is -0.770. The lowest BCUT2D eigenvalue weighted by Crippen LogP contribution is -2.29. The third-order valence-corrected chi connectivity index (χ3v) is 3.49. The van der Waals surface area contributed by atoms with Crippen molar-refractivity contribution in [1.82, 2.24) is 5.32 Å². The van der Waals surface area contributed by atoms with E-state index in [0.717, 1.165) is 36.3 Å². The molecule has 0 aliphatic carbocycles. The van der Waals surface area contributed by atoms with Gasteiger partial charge in [-0.1, -0.05) is 11.6 Å². The normalized spacial score (nSPS) is 21.5. The van der Waals surface area contributed by atoms with Gasteiger partial charge < -0.3 is 15.2 Å². The highest BCUT2D eigenvalue weighted by Gasteiger charge is 2.27. The first kappa shape index (κ1) is 12.7. The van der Waals surface area contributed by atoms with Crippen LogP contribution in [0.15, 0.2) is 12.1 Å². The number of methoxy groups -OCH3 is 1. The Kier molecular flexibility index (Phi) is 3.92.